The lowest BCUT2D eigenvalue weighted by molar-refractivity contribution is -0.115. The van der Waals surface area contributed by atoms with E-state index in [1.165, 1.54) is 31.4 Å². The molecule has 160 valence electrons. The van der Waals surface area contributed by atoms with Gasteiger partial charge in [0.2, 0.25) is 5.91 Å². The van der Waals surface area contributed by atoms with Gasteiger partial charge in [-0.2, -0.15) is 0 Å². The molecule has 0 atom stereocenters. The monoisotopic (exact) mass is 419 g/mol. The predicted molar refractivity (Wildman–Crippen MR) is 118 cm³/mol. The Morgan fingerprint density at radius 1 is 1.03 bits per heavy atom. The van der Waals surface area contributed by atoms with E-state index in [9.17, 15) is 14.3 Å². The number of carbonyl (C=O) groups excluding carboxylic acids is 1. The third-order valence-corrected chi connectivity index (χ3v) is 5.75. The van der Waals surface area contributed by atoms with Crippen LogP contribution in [-0.2, 0) is 17.6 Å². The number of aromatic nitrogens is 2. The first-order chi connectivity index (χ1) is 15.1. The van der Waals surface area contributed by atoms with Gasteiger partial charge in [-0.05, 0) is 54.3 Å². The maximum Gasteiger partial charge on any atom is 0.229 e. The van der Waals surface area contributed by atoms with Gasteiger partial charge in [-0.1, -0.05) is 44.2 Å². The number of anilines is 1. The Morgan fingerprint density at radius 2 is 1.74 bits per heavy atom. The molecule has 0 unspecified atom stereocenters. The molecule has 2 aromatic carbocycles. The summed E-state index contributed by atoms with van der Waals surface area (Å²) in [6.45, 7) is 0. The molecule has 0 saturated heterocycles. The highest BCUT2D eigenvalue weighted by molar-refractivity contribution is 5.92. The number of aromatic hydroxyl groups is 1. The maximum atomic E-state index is 13.1. The van der Waals surface area contributed by atoms with Crippen LogP contribution in [0.5, 0.6) is 5.75 Å². The SMILES string of the molecule is O=C(Cc1ccc(F)cc1)Nc1ncc(-c2ccc(O)cc2)nc1CC1CCCCC1. The van der Waals surface area contributed by atoms with Gasteiger partial charge in [0.25, 0.3) is 0 Å². The Balaban J connectivity index is 1.56. The summed E-state index contributed by atoms with van der Waals surface area (Å²) in [5.74, 6) is 0.688. The van der Waals surface area contributed by atoms with Crippen molar-refractivity contribution in [2.24, 2.45) is 5.92 Å². The molecule has 3 aromatic rings. The molecule has 0 spiro atoms. The molecule has 1 fully saturated rings. The topological polar surface area (TPSA) is 75.1 Å². The fourth-order valence-corrected chi connectivity index (χ4v) is 4.07. The van der Waals surface area contributed by atoms with Crippen LogP contribution in [0, 0.1) is 11.7 Å². The van der Waals surface area contributed by atoms with E-state index < -0.39 is 0 Å². The molecule has 6 heteroatoms. The van der Waals surface area contributed by atoms with Gasteiger partial charge in [-0.15, -0.1) is 0 Å². The molecule has 1 amide bonds. The van der Waals surface area contributed by atoms with Crippen LogP contribution in [0.3, 0.4) is 0 Å². The van der Waals surface area contributed by atoms with Gasteiger partial charge in [0.1, 0.15) is 11.6 Å². The quantitative estimate of drug-likeness (QED) is 0.569. The van der Waals surface area contributed by atoms with Gasteiger partial charge in [0.15, 0.2) is 5.82 Å². The van der Waals surface area contributed by atoms with Gasteiger partial charge in [0.05, 0.1) is 24.0 Å². The van der Waals surface area contributed by atoms with E-state index >= 15 is 0 Å². The van der Waals surface area contributed by atoms with E-state index in [4.69, 9.17) is 4.98 Å². The first-order valence-corrected chi connectivity index (χ1v) is 10.8. The van der Waals surface area contributed by atoms with Crippen LogP contribution in [0.2, 0.25) is 0 Å². The van der Waals surface area contributed by atoms with Gasteiger partial charge in [-0.25, -0.2) is 14.4 Å². The highest BCUT2D eigenvalue weighted by atomic mass is 19.1. The number of rotatable bonds is 6. The molecule has 1 saturated carbocycles. The summed E-state index contributed by atoms with van der Waals surface area (Å²) >= 11 is 0. The van der Waals surface area contributed by atoms with Gasteiger partial charge < -0.3 is 10.4 Å². The number of amides is 1. The summed E-state index contributed by atoms with van der Waals surface area (Å²) in [6.07, 6.45) is 8.60. The molecule has 1 aromatic heterocycles. The van der Waals surface area contributed by atoms with Crippen molar-refractivity contribution in [1.29, 1.82) is 0 Å². The highest BCUT2D eigenvalue weighted by Crippen LogP contribution is 2.29. The predicted octanol–water partition coefficient (Wildman–Crippen LogP) is 5.29. The number of phenolic OH excluding ortho intramolecular Hbond substituents is 1. The second-order valence-electron chi connectivity index (χ2n) is 8.16. The number of carbonyl (C=O) groups is 1. The van der Waals surface area contributed by atoms with Crippen molar-refractivity contribution in [2.45, 2.75) is 44.9 Å². The Labute approximate surface area is 181 Å². The van der Waals surface area contributed by atoms with E-state index in [-0.39, 0.29) is 23.9 Å². The fraction of sp³-hybridized carbons (Fsp3) is 0.320. The largest absolute Gasteiger partial charge is 0.508 e. The number of hydrogen-bond acceptors (Lipinski definition) is 4. The molecule has 0 aliphatic heterocycles. The van der Waals surface area contributed by atoms with Gasteiger partial charge in [0, 0.05) is 5.56 Å². The van der Waals surface area contributed by atoms with Gasteiger partial charge in [-0.3, -0.25) is 4.79 Å². The number of nitrogens with zero attached hydrogens (tertiary/aromatic N) is 2. The van der Waals surface area contributed by atoms with Crippen LogP contribution in [0.1, 0.15) is 43.4 Å². The summed E-state index contributed by atoms with van der Waals surface area (Å²) < 4.78 is 13.1. The molecule has 31 heavy (non-hydrogen) atoms. The number of nitrogens with one attached hydrogen (secondary N) is 1. The van der Waals surface area contributed by atoms with E-state index in [2.05, 4.69) is 10.3 Å². The summed E-state index contributed by atoms with van der Waals surface area (Å²) in [4.78, 5) is 22.0. The molecule has 2 N–H and O–H groups in total. The van der Waals surface area contributed by atoms with Crippen molar-refractivity contribution in [3.05, 3.63) is 71.8 Å². The van der Waals surface area contributed by atoms with Crippen LogP contribution >= 0.6 is 0 Å². The zero-order valence-corrected chi connectivity index (χ0v) is 17.4. The number of phenols is 1. The molecule has 1 aliphatic carbocycles. The molecular formula is C25H26FN3O2. The normalized spacial score (nSPS) is 14.4. The second kappa shape index (κ2) is 9.69. The van der Waals surface area contributed by atoms with Crippen LogP contribution < -0.4 is 5.32 Å². The molecule has 5 nitrogen and oxygen atoms in total. The molecule has 0 bridgehead atoms. The summed E-state index contributed by atoms with van der Waals surface area (Å²) in [6, 6.07) is 12.8. The number of hydrogen-bond donors (Lipinski definition) is 2. The summed E-state index contributed by atoms with van der Waals surface area (Å²) in [7, 11) is 0. The highest BCUT2D eigenvalue weighted by Gasteiger charge is 2.19. The first-order valence-electron chi connectivity index (χ1n) is 10.8. The van der Waals surface area contributed by atoms with Crippen molar-refractivity contribution in [3.63, 3.8) is 0 Å². The van der Waals surface area contributed by atoms with E-state index in [1.807, 2.05) is 0 Å². The third-order valence-electron chi connectivity index (χ3n) is 5.75. The molecular weight excluding hydrogens is 393 g/mol. The number of halogens is 1. The zero-order chi connectivity index (χ0) is 21.6. The van der Waals surface area contributed by atoms with Crippen molar-refractivity contribution in [3.8, 4) is 17.0 Å². The minimum absolute atomic E-state index is 0.143. The molecule has 1 aliphatic rings. The lowest BCUT2D eigenvalue weighted by atomic mass is 9.86. The van der Waals surface area contributed by atoms with Crippen molar-refractivity contribution >= 4 is 11.7 Å². The van der Waals surface area contributed by atoms with Crippen molar-refractivity contribution < 1.29 is 14.3 Å². The van der Waals surface area contributed by atoms with Crippen LogP contribution in [0.25, 0.3) is 11.3 Å². The van der Waals surface area contributed by atoms with Crippen LogP contribution in [0.15, 0.2) is 54.7 Å². The van der Waals surface area contributed by atoms with Gasteiger partial charge >= 0.3 is 0 Å². The summed E-state index contributed by atoms with van der Waals surface area (Å²) in [5, 5.41) is 12.5. The van der Waals surface area contributed by atoms with Crippen LogP contribution in [0.4, 0.5) is 10.2 Å². The standard InChI is InChI=1S/C25H26FN3O2/c26-20-10-6-18(7-11-20)15-24(31)29-25-22(14-17-4-2-1-3-5-17)28-23(16-27-25)19-8-12-21(30)13-9-19/h6-13,16-17,30H,1-5,14-15H2,(H,27,29,31). The Bertz CT molecular complexity index is 1030. The average molecular weight is 420 g/mol. The molecule has 4 rings (SSSR count). The lowest BCUT2D eigenvalue weighted by Gasteiger charge is -2.22. The minimum atomic E-state index is -0.324. The Morgan fingerprint density at radius 3 is 2.45 bits per heavy atom. The Kier molecular flexibility index (Phi) is 6.55. The minimum Gasteiger partial charge on any atom is -0.508 e. The van der Waals surface area contributed by atoms with Crippen molar-refractivity contribution in [1.82, 2.24) is 9.97 Å². The first kappa shape index (κ1) is 21.0. The number of benzene rings is 2. The smallest absolute Gasteiger partial charge is 0.229 e. The molecule has 1 heterocycles. The second-order valence-corrected chi connectivity index (χ2v) is 8.16. The van der Waals surface area contributed by atoms with Crippen molar-refractivity contribution in [2.75, 3.05) is 5.32 Å². The average Bonchev–Trinajstić information content (AvgIpc) is 2.78. The lowest BCUT2D eigenvalue weighted by Crippen LogP contribution is -2.19. The molecule has 0 radical (unpaired) electrons. The summed E-state index contributed by atoms with van der Waals surface area (Å²) in [5.41, 5.74) is 3.09. The third kappa shape index (κ3) is 5.66. The zero-order valence-electron chi connectivity index (χ0n) is 17.4. The van der Waals surface area contributed by atoms with Crippen LogP contribution in [-0.4, -0.2) is 21.0 Å². The van der Waals surface area contributed by atoms with E-state index in [0.29, 0.717) is 17.4 Å². The van der Waals surface area contributed by atoms with E-state index in [0.717, 1.165) is 36.1 Å². The fourth-order valence-electron chi connectivity index (χ4n) is 4.07. The van der Waals surface area contributed by atoms with E-state index in [1.54, 1.807) is 42.6 Å². The Hall–Kier alpha value is -3.28. The maximum absolute atomic E-state index is 13.1.